The van der Waals surface area contributed by atoms with Gasteiger partial charge in [-0.3, -0.25) is 0 Å². The summed E-state index contributed by atoms with van der Waals surface area (Å²) in [5, 5.41) is 0. The minimum Gasteiger partial charge on any atom is -0.463 e. The van der Waals surface area contributed by atoms with E-state index in [4.69, 9.17) is 4.74 Å². The van der Waals surface area contributed by atoms with E-state index in [9.17, 15) is 4.79 Å². The molecule has 0 saturated heterocycles. The second-order valence-corrected chi connectivity index (χ2v) is 5.77. The van der Waals surface area contributed by atoms with Gasteiger partial charge in [0, 0.05) is 6.08 Å². The number of carbonyl (C=O) groups excluding carboxylic acids is 1. The van der Waals surface area contributed by atoms with Crippen LogP contribution >= 0.6 is 0 Å². The molecule has 0 aliphatic heterocycles. The van der Waals surface area contributed by atoms with Gasteiger partial charge in [-0.25, -0.2) is 4.79 Å². The molecule has 1 saturated carbocycles. The van der Waals surface area contributed by atoms with Gasteiger partial charge in [-0.1, -0.05) is 32.1 Å². The molecular formula is C16H24O2. The highest BCUT2D eigenvalue weighted by Crippen LogP contribution is 2.56. The van der Waals surface area contributed by atoms with Gasteiger partial charge in [0.2, 0.25) is 0 Å². The summed E-state index contributed by atoms with van der Waals surface area (Å²) in [6.45, 7) is 6.91. The summed E-state index contributed by atoms with van der Waals surface area (Å²) in [5.41, 5.74) is 0.181. The quantitative estimate of drug-likeness (QED) is 0.432. The highest BCUT2D eigenvalue weighted by Gasteiger charge is 2.48. The van der Waals surface area contributed by atoms with Gasteiger partial charge in [0.25, 0.3) is 0 Å². The fourth-order valence-corrected chi connectivity index (χ4v) is 3.83. The van der Waals surface area contributed by atoms with Gasteiger partial charge < -0.3 is 4.74 Å². The number of hydrogen-bond donors (Lipinski definition) is 0. The minimum absolute atomic E-state index is 0.181. The monoisotopic (exact) mass is 248 g/mol. The van der Waals surface area contributed by atoms with E-state index in [2.05, 4.69) is 32.1 Å². The molecule has 0 amide bonds. The van der Waals surface area contributed by atoms with Crippen molar-refractivity contribution in [3.8, 4) is 0 Å². The highest BCUT2D eigenvalue weighted by molar-refractivity contribution is 5.82. The zero-order valence-electron chi connectivity index (χ0n) is 11.7. The summed E-state index contributed by atoms with van der Waals surface area (Å²) in [6, 6.07) is 0. The molecule has 0 spiro atoms. The lowest BCUT2D eigenvalue weighted by atomic mass is 9.63. The fourth-order valence-electron chi connectivity index (χ4n) is 3.83. The van der Waals surface area contributed by atoms with Crippen LogP contribution in [0.2, 0.25) is 0 Å². The van der Waals surface area contributed by atoms with Crippen molar-refractivity contribution in [1.29, 1.82) is 0 Å². The van der Waals surface area contributed by atoms with Crippen molar-refractivity contribution in [1.82, 2.24) is 0 Å². The maximum absolute atomic E-state index is 11.5. The molecule has 0 aromatic rings. The van der Waals surface area contributed by atoms with Gasteiger partial charge >= 0.3 is 5.97 Å². The lowest BCUT2D eigenvalue weighted by Gasteiger charge is -2.41. The van der Waals surface area contributed by atoms with Gasteiger partial charge in [0.1, 0.15) is 0 Å². The van der Waals surface area contributed by atoms with Crippen LogP contribution in [0, 0.1) is 23.2 Å². The van der Waals surface area contributed by atoms with E-state index >= 15 is 0 Å². The van der Waals surface area contributed by atoms with Crippen molar-refractivity contribution in [2.75, 3.05) is 6.61 Å². The van der Waals surface area contributed by atoms with Crippen LogP contribution in [-0.4, -0.2) is 12.6 Å². The maximum atomic E-state index is 11.5. The van der Waals surface area contributed by atoms with Crippen LogP contribution in [0.15, 0.2) is 24.3 Å². The fraction of sp³-hybridized carbons (Fsp3) is 0.688. The largest absolute Gasteiger partial charge is 0.463 e. The van der Waals surface area contributed by atoms with Gasteiger partial charge in [-0.05, 0) is 49.4 Å². The Labute approximate surface area is 110 Å². The van der Waals surface area contributed by atoms with Crippen LogP contribution in [-0.2, 0) is 9.53 Å². The van der Waals surface area contributed by atoms with Crippen LogP contribution in [0.4, 0.5) is 0 Å². The van der Waals surface area contributed by atoms with Gasteiger partial charge in [0.05, 0.1) is 6.61 Å². The van der Waals surface area contributed by atoms with Crippen LogP contribution in [0.25, 0.3) is 0 Å². The highest BCUT2D eigenvalue weighted by atomic mass is 16.5. The molecule has 0 radical (unpaired) electrons. The van der Waals surface area contributed by atoms with Crippen molar-refractivity contribution in [3.05, 3.63) is 24.3 Å². The molecule has 0 aromatic carbocycles. The molecule has 2 nitrogen and oxygen atoms in total. The number of ether oxygens (including phenoxy) is 1. The maximum Gasteiger partial charge on any atom is 0.330 e. The van der Waals surface area contributed by atoms with E-state index in [0.29, 0.717) is 24.4 Å². The predicted octanol–water partition coefficient (Wildman–Crippen LogP) is 3.73. The topological polar surface area (TPSA) is 26.3 Å². The molecule has 0 N–H and O–H groups in total. The Kier molecular flexibility index (Phi) is 3.94. The molecule has 0 unspecified atom stereocenters. The zero-order valence-corrected chi connectivity index (χ0v) is 11.7. The van der Waals surface area contributed by atoms with Gasteiger partial charge in [-0.2, -0.15) is 0 Å². The van der Waals surface area contributed by atoms with Crippen LogP contribution < -0.4 is 0 Å². The molecule has 0 bridgehead atoms. The summed E-state index contributed by atoms with van der Waals surface area (Å²) in [4.78, 5) is 11.5. The third-order valence-corrected chi connectivity index (χ3v) is 4.88. The van der Waals surface area contributed by atoms with E-state index < -0.39 is 0 Å². The number of esters is 1. The summed E-state index contributed by atoms with van der Waals surface area (Å²) >= 11 is 0. The Morgan fingerprint density at radius 3 is 2.94 bits per heavy atom. The average molecular weight is 248 g/mol. The molecule has 100 valence electrons. The first-order chi connectivity index (χ1) is 8.60. The molecule has 4 atom stereocenters. The third-order valence-electron chi connectivity index (χ3n) is 4.88. The zero-order chi connectivity index (χ0) is 13.2. The smallest absolute Gasteiger partial charge is 0.330 e. The Hall–Kier alpha value is -1.05. The van der Waals surface area contributed by atoms with Crippen molar-refractivity contribution >= 4 is 5.97 Å². The summed E-state index contributed by atoms with van der Waals surface area (Å²) < 4.78 is 5.00. The number of carbonyl (C=O) groups is 1. The lowest BCUT2D eigenvalue weighted by Crippen LogP contribution is -2.34. The van der Waals surface area contributed by atoms with Gasteiger partial charge in [-0.15, -0.1) is 0 Å². The first-order valence-corrected chi connectivity index (χ1v) is 7.13. The van der Waals surface area contributed by atoms with Crippen LogP contribution in [0.5, 0.6) is 0 Å². The Balaban J connectivity index is 2.20. The van der Waals surface area contributed by atoms with Gasteiger partial charge in [0.15, 0.2) is 0 Å². The molecule has 2 aliphatic rings. The predicted molar refractivity (Wildman–Crippen MR) is 73.0 cm³/mol. The number of fused-ring (bicyclic) bond motifs is 1. The first-order valence-electron chi connectivity index (χ1n) is 7.13. The molecule has 2 heteroatoms. The van der Waals surface area contributed by atoms with E-state index in [0.717, 1.165) is 6.42 Å². The standard InChI is InChI=1S/C16H24O2/c1-4-18-15(17)9-11-16-10-5-6-12(2)14(16)8-7-13(16)3/h5-6,9,11-14H,4,7-8,10H2,1-3H3/b11-9+/t12-,13+,14+,16+/m0/s1. The molecule has 18 heavy (non-hydrogen) atoms. The van der Waals surface area contributed by atoms with E-state index in [1.54, 1.807) is 6.08 Å². The van der Waals surface area contributed by atoms with Crippen molar-refractivity contribution in [3.63, 3.8) is 0 Å². The van der Waals surface area contributed by atoms with Crippen LogP contribution in [0.3, 0.4) is 0 Å². The third kappa shape index (κ3) is 2.25. The normalized spacial score (nSPS) is 38.9. The number of rotatable bonds is 3. The number of allylic oxidation sites excluding steroid dienone is 3. The second kappa shape index (κ2) is 5.29. The average Bonchev–Trinajstić information content (AvgIpc) is 2.67. The van der Waals surface area contributed by atoms with E-state index in [1.165, 1.54) is 12.8 Å². The summed E-state index contributed by atoms with van der Waals surface area (Å²) in [6.07, 6.45) is 12.0. The van der Waals surface area contributed by atoms with Crippen molar-refractivity contribution in [2.45, 2.75) is 40.0 Å². The molecular weight excluding hydrogens is 224 g/mol. The summed E-state index contributed by atoms with van der Waals surface area (Å²) in [5.74, 6) is 1.76. The number of hydrogen-bond acceptors (Lipinski definition) is 2. The van der Waals surface area contributed by atoms with Crippen LogP contribution in [0.1, 0.15) is 40.0 Å². The van der Waals surface area contributed by atoms with E-state index in [1.807, 2.05) is 6.92 Å². The van der Waals surface area contributed by atoms with E-state index in [-0.39, 0.29) is 11.4 Å². The Morgan fingerprint density at radius 1 is 1.44 bits per heavy atom. The second-order valence-electron chi connectivity index (χ2n) is 5.77. The molecule has 2 aliphatic carbocycles. The lowest BCUT2D eigenvalue weighted by molar-refractivity contribution is -0.137. The minimum atomic E-state index is -0.202. The Morgan fingerprint density at radius 2 is 2.22 bits per heavy atom. The summed E-state index contributed by atoms with van der Waals surface area (Å²) in [7, 11) is 0. The Bertz CT molecular complexity index is 369. The first kappa shape index (κ1) is 13.4. The molecule has 1 fully saturated rings. The van der Waals surface area contributed by atoms with Crippen molar-refractivity contribution < 1.29 is 9.53 Å². The molecule has 0 aromatic heterocycles. The van der Waals surface area contributed by atoms with Crippen molar-refractivity contribution in [2.24, 2.45) is 23.2 Å². The SMILES string of the molecule is CCOC(=O)/C=C/[C@@]12CC=C[C@H](C)[C@H]1CC[C@H]2C. The molecule has 2 rings (SSSR count). The molecule has 0 heterocycles.